The molecule has 1 aromatic carbocycles. The van der Waals surface area contributed by atoms with E-state index in [1.165, 1.54) is 35.7 Å². The SMILES string of the molecule is Cc1cccc(-n2ccnc2SCC(=O)NCC2CC2)c1C. The number of thioether (sulfide) groups is 1. The van der Waals surface area contributed by atoms with Gasteiger partial charge in [0.15, 0.2) is 5.16 Å². The number of hydrogen-bond donors (Lipinski definition) is 1. The number of carbonyl (C=O) groups is 1. The molecule has 1 aliphatic rings. The molecule has 0 unspecified atom stereocenters. The van der Waals surface area contributed by atoms with Gasteiger partial charge in [0.1, 0.15) is 0 Å². The predicted octanol–water partition coefficient (Wildman–Crippen LogP) is 3.11. The number of imidazole rings is 1. The quantitative estimate of drug-likeness (QED) is 0.833. The second kappa shape index (κ2) is 6.57. The summed E-state index contributed by atoms with van der Waals surface area (Å²) in [4.78, 5) is 16.3. The van der Waals surface area contributed by atoms with E-state index in [0.717, 1.165) is 17.4 Å². The molecule has 5 heteroatoms. The van der Waals surface area contributed by atoms with E-state index in [4.69, 9.17) is 0 Å². The Labute approximate surface area is 135 Å². The number of hydrogen-bond acceptors (Lipinski definition) is 3. The summed E-state index contributed by atoms with van der Waals surface area (Å²) in [7, 11) is 0. The normalized spacial score (nSPS) is 14.1. The molecular weight excluding hydrogens is 294 g/mol. The highest BCUT2D eigenvalue weighted by Gasteiger charge is 2.21. The van der Waals surface area contributed by atoms with Gasteiger partial charge in [0, 0.05) is 18.9 Å². The summed E-state index contributed by atoms with van der Waals surface area (Å²) in [6.07, 6.45) is 6.24. The Kier molecular flexibility index (Phi) is 4.52. The number of aromatic nitrogens is 2. The lowest BCUT2D eigenvalue weighted by atomic mass is 10.1. The van der Waals surface area contributed by atoms with Gasteiger partial charge in [-0.2, -0.15) is 0 Å². The summed E-state index contributed by atoms with van der Waals surface area (Å²) in [5.41, 5.74) is 3.61. The molecule has 2 aromatic rings. The van der Waals surface area contributed by atoms with Gasteiger partial charge in [0.05, 0.1) is 11.4 Å². The number of benzene rings is 1. The van der Waals surface area contributed by atoms with Gasteiger partial charge in [-0.3, -0.25) is 9.36 Å². The first kappa shape index (κ1) is 15.2. The average Bonchev–Trinajstić information content (AvgIpc) is 3.23. The minimum Gasteiger partial charge on any atom is -0.355 e. The monoisotopic (exact) mass is 315 g/mol. The number of rotatable bonds is 6. The van der Waals surface area contributed by atoms with E-state index < -0.39 is 0 Å². The molecule has 1 amide bonds. The van der Waals surface area contributed by atoms with Crippen LogP contribution in [0.25, 0.3) is 5.69 Å². The van der Waals surface area contributed by atoms with Gasteiger partial charge in [-0.05, 0) is 49.8 Å². The van der Waals surface area contributed by atoms with Gasteiger partial charge in [0.2, 0.25) is 5.91 Å². The Morgan fingerprint density at radius 1 is 1.41 bits per heavy atom. The summed E-state index contributed by atoms with van der Waals surface area (Å²) in [6.45, 7) is 5.04. The first-order valence-corrected chi connectivity index (χ1v) is 8.63. The average molecular weight is 315 g/mol. The lowest BCUT2D eigenvalue weighted by Gasteiger charge is -2.12. The van der Waals surface area contributed by atoms with Crippen LogP contribution in [0.2, 0.25) is 0 Å². The van der Waals surface area contributed by atoms with Crippen LogP contribution in [0.3, 0.4) is 0 Å². The van der Waals surface area contributed by atoms with Crippen molar-refractivity contribution in [1.82, 2.24) is 14.9 Å². The maximum atomic E-state index is 11.9. The second-order valence-electron chi connectivity index (χ2n) is 5.83. The Bertz CT molecular complexity index is 676. The molecule has 0 bridgehead atoms. The van der Waals surface area contributed by atoms with E-state index in [1.54, 1.807) is 6.20 Å². The second-order valence-corrected chi connectivity index (χ2v) is 6.78. The molecule has 1 fully saturated rings. The summed E-state index contributed by atoms with van der Waals surface area (Å²) < 4.78 is 2.06. The number of nitrogens with zero attached hydrogens (tertiary/aromatic N) is 2. The van der Waals surface area contributed by atoms with Crippen LogP contribution in [-0.2, 0) is 4.79 Å². The molecule has 1 saturated carbocycles. The first-order chi connectivity index (χ1) is 10.6. The molecular formula is C17H21N3OS. The first-order valence-electron chi connectivity index (χ1n) is 7.64. The molecule has 0 spiro atoms. The van der Waals surface area contributed by atoms with Gasteiger partial charge in [-0.1, -0.05) is 23.9 Å². The highest BCUT2D eigenvalue weighted by Crippen LogP contribution is 2.28. The van der Waals surface area contributed by atoms with E-state index in [-0.39, 0.29) is 5.91 Å². The lowest BCUT2D eigenvalue weighted by Crippen LogP contribution is -2.27. The molecule has 22 heavy (non-hydrogen) atoms. The third-order valence-electron chi connectivity index (χ3n) is 4.06. The zero-order chi connectivity index (χ0) is 15.5. The Morgan fingerprint density at radius 2 is 2.23 bits per heavy atom. The number of amides is 1. The van der Waals surface area contributed by atoms with Gasteiger partial charge in [-0.25, -0.2) is 4.98 Å². The molecule has 3 rings (SSSR count). The van der Waals surface area contributed by atoms with Gasteiger partial charge in [0.25, 0.3) is 0 Å². The maximum absolute atomic E-state index is 11.9. The molecule has 1 N–H and O–H groups in total. The molecule has 0 aliphatic heterocycles. The molecule has 0 atom stereocenters. The molecule has 1 aliphatic carbocycles. The molecule has 0 saturated heterocycles. The lowest BCUT2D eigenvalue weighted by molar-refractivity contribution is -0.118. The van der Waals surface area contributed by atoms with E-state index in [1.807, 2.05) is 6.20 Å². The summed E-state index contributed by atoms with van der Waals surface area (Å²) in [5, 5.41) is 3.85. The molecule has 0 radical (unpaired) electrons. The highest BCUT2D eigenvalue weighted by molar-refractivity contribution is 7.99. The smallest absolute Gasteiger partial charge is 0.230 e. The van der Waals surface area contributed by atoms with Crippen molar-refractivity contribution < 1.29 is 4.79 Å². The summed E-state index contributed by atoms with van der Waals surface area (Å²) in [5.74, 6) is 1.22. The van der Waals surface area contributed by atoms with Crippen LogP contribution in [0.4, 0.5) is 0 Å². The van der Waals surface area contributed by atoms with E-state index >= 15 is 0 Å². The molecule has 116 valence electrons. The zero-order valence-corrected chi connectivity index (χ0v) is 13.8. The van der Waals surface area contributed by atoms with Crippen LogP contribution >= 0.6 is 11.8 Å². The van der Waals surface area contributed by atoms with Crippen molar-refractivity contribution in [1.29, 1.82) is 0 Å². The van der Waals surface area contributed by atoms with Crippen LogP contribution in [0.15, 0.2) is 35.7 Å². The van der Waals surface area contributed by atoms with Crippen molar-refractivity contribution in [3.8, 4) is 5.69 Å². The number of aryl methyl sites for hydroxylation is 1. The Morgan fingerprint density at radius 3 is 3.00 bits per heavy atom. The minimum atomic E-state index is 0.0902. The van der Waals surface area contributed by atoms with E-state index in [2.05, 4.69) is 46.9 Å². The van der Waals surface area contributed by atoms with Crippen molar-refractivity contribution in [2.75, 3.05) is 12.3 Å². The van der Waals surface area contributed by atoms with Gasteiger partial charge in [-0.15, -0.1) is 0 Å². The van der Waals surface area contributed by atoms with Crippen molar-refractivity contribution >= 4 is 17.7 Å². The van der Waals surface area contributed by atoms with Crippen molar-refractivity contribution in [2.45, 2.75) is 31.8 Å². The predicted molar refractivity (Wildman–Crippen MR) is 89.5 cm³/mol. The van der Waals surface area contributed by atoms with Crippen molar-refractivity contribution in [3.05, 3.63) is 41.7 Å². The number of carbonyl (C=O) groups excluding carboxylic acids is 1. The van der Waals surface area contributed by atoms with E-state index in [0.29, 0.717) is 11.7 Å². The third kappa shape index (κ3) is 3.53. The fourth-order valence-corrected chi connectivity index (χ4v) is 3.13. The van der Waals surface area contributed by atoms with Crippen LogP contribution in [0, 0.1) is 19.8 Å². The zero-order valence-electron chi connectivity index (χ0n) is 13.0. The largest absolute Gasteiger partial charge is 0.355 e. The van der Waals surface area contributed by atoms with Gasteiger partial charge < -0.3 is 5.32 Å². The van der Waals surface area contributed by atoms with Crippen molar-refractivity contribution in [2.24, 2.45) is 5.92 Å². The van der Waals surface area contributed by atoms with Crippen LogP contribution in [-0.4, -0.2) is 27.8 Å². The summed E-state index contributed by atoms with van der Waals surface area (Å²) in [6, 6.07) is 6.24. The minimum absolute atomic E-state index is 0.0902. The fraction of sp³-hybridized carbons (Fsp3) is 0.412. The van der Waals surface area contributed by atoms with E-state index in [9.17, 15) is 4.79 Å². The van der Waals surface area contributed by atoms with Crippen LogP contribution < -0.4 is 5.32 Å². The Balaban J connectivity index is 1.66. The molecule has 1 heterocycles. The maximum Gasteiger partial charge on any atom is 0.230 e. The van der Waals surface area contributed by atoms with Crippen LogP contribution in [0.5, 0.6) is 0 Å². The topological polar surface area (TPSA) is 46.9 Å². The molecule has 1 aromatic heterocycles. The van der Waals surface area contributed by atoms with Gasteiger partial charge >= 0.3 is 0 Å². The number of nitrogens with one attached hydrogen (secondary N) is 1. The third-order valence-corrected chi connectivity index (χ3v) is 5.03. The fourth-order valence-electron chi connectivity index (χ4n) is 2.34. The van der Waals surface area contributed by atoms with Crippen molar-refractivity contribution in [3.63, 3.8) is 0 Å². The highest BCUT2D eigenvalue weighted by atomic mass is 32.2. The van der Waals surface area contributed by atoms with Crippen LogP contribution in [0.1, 0.15) is 24.0 Å². The molecule has 4 nitrogen and oxygen atoms in total. The standard InChI is InChI=1S/C17H21N3OS/c1-12-4-3-5-15(13(12)2)20-9-8-18-17(20)22-11-16(21)19-10-14-6-7-14/h3-5,8-9,14H,6-7,10-11H2,1-2H3,(H,19,21). The Hall–Kier alpha value is -1.75. The summed E-state index contributed by atoms with van der Waals surface area (Å²) >= 11 is 1.48.